The number of H-pyrrole nitrogens is 1. The van der Waals surface area contributed by atoms with E-state index >= 15 is 0 Å². The smallest absolute Gasteiger partial charge is 0.272 e. The minimum absolute atomic E-state index is 0.0258. The van der Waals surface area contributed by atoms with Gasteiger partial charge in [0.2, 0.25) is 0 Å². The third-order valence-corrected chi connectivity index (χ3v) is 5.27. The predicted molar refractivity (Wildman–Crippen MR) is 112 cm³/mol. The van der Waals surface area contributed by atoms with Crippen LogP contribution in [0.1, 0.15) is 23.7 Å². The number of benzene rings is 2. The molecule has 4 rings (SSSR count). The molecule has 2 aromatic carbocycles. The molecule has 7 heteroatoms. The van der Waals surface area contributed by atoms with E-state index in [-0.39, 0.29) is 17.6 Å². The van der Waals surface area contributed by atoms with E-state index in [1.807, 2.05) is 36.4 Å². The van der Waals surface area contributed by atoms with Crippen LogP contribution in [0.4, 0.5) is 0 Å². The quantitative estimate of drug-likeness (QED) is 0.696. The van der Waals surface area contributed by atoms with Crippen molar-refractivity contribution in [2.45, 2.75) is 19.5 Å². The summed E-state index contributed by atoms with van der Waals surface area (Å²) in [6, 6.07) is 14.7. The highest BCUT2D eigenvalue weighted by Gasteiger charge is 2.22. The second kappa shape index (κ2) is 8.55. The number of nitrogens with zero attached hydrogens (tertiary/aromatic N) is 2. The Labute approximate surface area is 168 Å². The molecule has 1 aliphatic rings. The number of rotatable bonds is 5. The second-order valence-corrected chi connectivity index (χ2v) is 7.07. The first kappa shape index (κ1) is 19.3. The Morgan fingerprint density at radius 1 is 1.17 bits per heavy atom. The van der Waals surface area contributed by atoms with Gasteiger partial charge in [0.25, 0.3) is 11.5 Å². The Morgan fingerprint density at radius 2 is 1.93 bits per heavy atom. The van der Waals surface area contributed by atoms with E-state index < -0.39 is 0 Å². The van der Waals surface area contributed by atoms with Crippen molar-refractivity contribution in [3.8, 4) is 11.3 Å². The Bertz CT molecular complexity index is 1070. The number of hydrogen-bond donors (Lipinski definition) is 2. The Kier molecular flexibility index (Phi) is 5.69. The lowest BCUT2D eigenvalue weighted by Gasteiger charge is -2.34. The van der Waals surface area contributed by atoms with Gasteiger partial charge in [-0.15, -0.1) is 0 Å². The van der Waals surface area contributed by atoms with E-state index in [4.69, 9.17) is 4.74 Å². The van der Waals surface area contributed by atoms with Gasteiger partial charge in [0.1, 0.15) is 0 Å². The number of morpholine rings is 1. The van der Waals surface area contributed by atoms with Crippen LogP contribution in [0, 0.1) is 0 Å². The fraction of sp³-hybridized carbons (Fsp3) is 0.318. The molecule has 0 aliphatic carbocycles. The number of ether oxygens (including phenoxy) is 1. The van der Waals surface area contributed by atoms with Crippen molar-refractivity contribution in [2.24, 2.45) is 0 Å². The fourth-order valence-electron chi connectivity index (χ4n) is 3.72. The van der Waals surface area contributed by atoms with Crippen LogP contribution in [-0.2, 0) is 4.74 Å². The standard InChI is InChI=1S/C22H24N4O3/c1-2-19(26-10-12-29-13-11-26)23-21(27)16-7-5-6-15(14-16)20-17-8-3-4-9-18(17)22(28)25-24-20/h3-9,14,19H,2,10-13H2,1H3,(H,23,27)(H,25,28). The van der Waals surface area contributed by atoms with Gasteiger partial charge in [0.05, 0.1) is 30.5 Å². The molecule has 1 unspecified atom stereocenters. The highest BCUT2D eigenvalue weighted by molar-refractivity contribution is 5.98. The second-order valence-electron chi connectivity index (χ2n) is 7.07. The van der Waals surface area contributed by atoms with Gasteiger partial charge in [0, 0.05) is 29.6 Å². The van der Waals surface area contributed by atoms with E-state index in [2.05, 4.69) is 27.3 Å². The normalized spacial score (nSPS) is 15.9. The molecule has 7 nitrogen and oxygen atoms in total. The summed E-state index contributed by atoms with van der Waals surface area (Å²) in [5.41, 5.74) is 1.76. The summed E-state index contributed by atoms with van der Waals surface area (Å²) in [5, 5.41) is 11.2. The van der Waals surface area contributed by atoms with Gasteiger partial charge in [0.15, 0.2) is 0 Å². The van der Waals surface area contributed by atoms with Gasteiger partial charge in [-0.2, -0.15) is 5.10 Å². The molecule has 1 atom stereocenters. The predicted octanol–water partition coefficient (Wildman–Crippen LogP) is 2.39. The van der Waals surface area contributed by atoms with Gasteiger partial charge >= 0.3 is 0 Å². The molecule has 0 radical (unpaired) electrons. The summed E-state index contributed by atoms with van der Waals surface area (Å²) in [4.78, 5) is 27.2. The van der Waals surface area contributed by atoms with E-state index in [1.54, 1.807) is 12.1 Å². The van der Waals surface area contributed by atoms with Crippen LogP contribution >= 0.6 is 0 Å². The molecule has 1 fully saturated rings. The number of fused-ring (bicyclic) bond motifs is 1. The lowest BCUT2D eigenvalue weighted by Crippen LogP contribution is -2.52. The maximum absolute atomic E-state index is 12.9. The van der Waals surface area contributed by atoms with E-state index in [9.17, 15) is 9.59 Å². The highest BCUT2D eigenvalue weighted by Crippen LogP contribution is 2.25. The number of carbonyl (C=O) groups is 1. The summed E-state index contributed by atoms with van der Waals surface area (Å²) in [7, 11) is 0. The van der Waals surface area contributed by atoms with Crippen LogP contribution < -0.4 is 10.9 Å². The number of carbonyl (C=O) groups excluding carboxylic acids is 1. The van der Waals surface area contributed by atoms with Gasteiger partial charge in [-0.05, 0) is 24.6 Å². The summed E-state index contributed by atoms with van der Waals surface area (Å²) in [5.74, 6) is -0.126. The lowest BCUT2D eigenvalue weighted by atomic mass is 10.0. The minimum atomic E-state index is -0.227. The molecule has 0 saturated carbocycles. The molecule has 0 spiro atoms. The molecule has 0 bridgehead atoms. The summed E-state index contributed by atoms with van der Waals surface area (Å²) >= 11 is 0. The van der Waals surface area contributed by atoms with Crippen LogP contribution in [0.3, 0.4) is 0 Å². The number of aromatic nitrogens is 2. The molecule has 1 amide bonds. The van der Waals surface area contributed by atoms with Gasteiger partial charge in [-0.25, -0.2) is 5.10 Å². The van der Waals surface area contributed by atoms with E-state index in [0.717, 1.165) is 30.5 Å². The van der Waals surface area contributed by atoms with Gasteiger partial charge in [-0.3, -0.25) is 14.5 Å². The van der Waals surface area contributed by atoms with E-state index in [1.165, 1.54) is 0 Å². The average Bonchev–Trinajstić information content (AvgIpc) is 2.78. The number of amides is 1. The van der Waals surface area contributed by atoms with Gasteiger partial charge in [-0.1, -0.05) is 37.3 Å². The van der Waals surface area contributed by atoms with Crippen molar-refractivity contribution in [2.75, 3.05) is 26.3 Å². The van der Waals surface area contributed by atoms with E-state index in [0.29, 0.717) is 29.9 Å². The molecule has 1 aromatic heterocycles. The topological polar surface area (TPSA) is 87.3 Å². The first-order chi connectivity index (χ1) is 14.2. The van der Waals surface area contributed by atoms with Crippen LogP contribution in [-0.4, -0.2) is 53.5 Å². The van der Waals surface area contributed by atoms with Crippen LogP contribution in [0.15, 0.2) is 53.3 Å². The van der Waals surface area contributed by atoms with Crippen molar-refractivity contribution in [3.63, 3.8) is 0 Å². The third-order valence-electron chi connectivity index (χ3n) is 5.27. The molecule has 3 aromatic rings. The SMILES string of the molecule is CCC(NC(=O)c1cccc(-c2n[nH]c(=O)c3ccccc23)c1)N1CCOCC1. The van der Waals surface area contributed by atoms with Crippen LogP contribution in [0.25, 0.3) is 22.0 Å². The Balaban J connectivity index is 1.61. The molecular formula is C22H24N4O3. The maximum atomic E-state index is 12.9. The molecular weight excluding hydrogens is 368 g/mol. The fourth-order valence-corrected chi connectivity index (χ4v) is 3.72. The molecule has 1 aliphatic heterocycles. The Morgan fingerprint density at radius 3 is 2.69 bits per heavy atom. The lowest BCUT2D eigenvalue weighted by molar-refractivity contribution is 0.00827. The molecule has 29 heavy (non-hydrogen) atoms. The molecule has 2 N–H and O–H groups in total. The summed E-state index contributed by atoms with van der Waals surface area (Å²) < 4.78 is 5.41. The summed E-state index contributed by atoms with van der Waals surface area (Å²) in [6.45, 7) is 5.06. The zero-order chi connectivity index (χ0) is 20.2. The zero-order valence-corrected chi connectivity index (χ0v) is 16.4. The molecule has 150 valence electrons. The largest absolute Gasteiger partial charge is 0.379 e. The van der Waals surface area contributed by atoms with Crippen molar-refractivity contribution in [1.82, 2.24) is 20.4 Å². The molecule has 2 heterocycles. The number of hydrogen-bond acceptors (Lipinski definition) is 5. The first-order valence-electron chi connectivity index (χ1n) is 9.88. The zero-order valence-electron chi connectivity index (χ0n) is 16.4. The first-order valence-corrected chi connectivity index (χ1v) is 9.88. The molecule has 1 saturated heterocycles. The van der Waals surface area contributed by atoms with Crippen LogP contribution in [0.2, 0.25) is 0 Å². The van der Waals surface area contributed by atoms with Crippen molar-refractivity contribution >= 4 is 16.7 Å². The number of aromatic amines is 1. The van der Waals surface area contributed by atoms with Gasteiger partial charge < -0.3 is 10.1 Å². The van der Waals surface area contributed by atoms with Crippen molar-refractivity contribution in [1.29, 1.82) is 0 Å². The average molecular weight is 392 g/mol. The van der Waals surface area contributed by atoms with Crippen LogP contribution in [0.5, 0.6) is 0 Å². The van der Waals surface area contributed by atoms with Crippen molar-refractivity contribution in [3.05, 3.63) is 64.4 Å². The highest BCUT2D eigenvalue weighted by atomic mass is 16.5. The third kappa shape index (κ3) is 4.06. The maximum Gasteiger partial charge on any atom is 0.272 e. The Hall–Kier alpha value is -3.03. The monoisotopic (exact) mass is 392 g/mol. The van der Waals surface area contributed by atoms with Crippen molar-refractivity contribution < 1.29 is 9.53 Å². The number of nitrogens with one attached hydrogen (secondary N) is 2. The summed E-state index contributed by atoms with van der Waals surface area (Å²) in [6.07, 6.45) is 0.791. The minimum Gasteiger partial charge on any atom is -0.379 e.